The first-order chi connectivity index (χ1) is 29.1. The lowest BCUT2D eigenvalue weighted by atomic mass is 9.77. The molecule has 1 saturated heterocycles. The van der Waals surface area contributed by atoms with Crippen LogP contribution < -0.4 is 14.2 Å². The van der Waals surface area contributed by atoms with Crippen LogP contribution in [0, 0.1) is 0 Å². The zero-order valence-electron chi connectivity index (χ0n) is 32.4. The van der Waals surface area contributed by atoms with Crippen LogP contribution in [-0.4, -0.2) is 107 Å². The van der Waals surface area contributed by atoms with Gasteiger partial charge in [-0.1, -0.05) is 24.3 Å². The molecule has 0 bridgehead atoms. The van der Waals surface area contributed by atoms with E-state index in [2.05, 4.69) is 0 Å². The van der Waals surface area contributed by atoms with E-state index in [1.165, 1.54) is 86.8 Å². The van der Waals surface area contributed by atoms with Crippen LogP contribution in [0.2, 0.25) is 0 Å². The highest BCUT2D eigenvalue weighted by molar-refractivity contribution is 5.90. The molecule has 17 nitrogen and oxygen atoms in total. The standard InChI is InChI=1S/C44H42O17/c1-18-36(52)37(53)38(54)44(57-18)61-42-35(33-28(50)14-24(47)15-31(33)58-40(42)20-5-10-23(46)11-6-20)34-29(51)17-27(49)25-16-32(39(60-41(25)34)19-3-8-22(45)9-4-19)59-43(55)21-7-12-26(48)30(13-21)56-2/h3-15,17-18,32,35-40,42,44-54H,16H2,1-2H3/t18-,32+,35-,36-,37+,38+,39+,40+,42-,44-/m0/s1. The van der Waals surface area contributed by atoms with E-state index in [9.17, 15) is 55.9 Å². The van der Waals surface area contributed by atoms with E-state index in [1.54, 1.807) is 0 Å². The van der Waals surface area contributed by atoms with Crippen LogP contribution in [0.25, 0.3) is 0 Å². The Morgan fingerprint density at radius 1 is 0.656 bits per heavy atom. The number of phenols is 7. The van der Waals surface area contributed by atoms with Gasteiger partial charge in [0.25, 0.3) is 0 Å². The fourth-order valence-electron chi connectivity index (χ4n) is 8.11. The van der Waals surface area contributed by atoms with Crippen molar-refractivity contribution >= 4 is 5.97 Å². The van der Waals surface area contributed by atoms with Gasteiger partial charge in [0.05, 0.1) is 24.7 Å². The van der Waals surface area contributed by atoms with Gasteiger partial charge in [-0.15, -0.1) is 0 Å². The van der Waals surface area contributed by atoms with Crippen molar-refractivity contribution in [3.8, 4) is 57.5 Å². The largest absolute Gasteiger partial charge is 0.508 e. The normalized spacial score (nSPS) is 26.8. The molecule has 0 amide bonds. The molecule has 10 atom stereocenters. The number of benzene rings is 5. The number of aliphatic hydroxyl groups excluding tert-OH is 3. The van der Waals surface area contributed by atoms with E-state index in [1.807, 2.05) is 0 Å². The van der Waals surface area contributed by atoms with Gasteiger partial charge in [0.1, 0.15) is 76.5 Å². The molecule has 5 aromatic carbocycles. The highest BCUT2D eigenvalue weighted by atomic mass is 16.7. The van der Waals surface area contributed by atoms with Crippen molar-refractivity contribution < 1.29 is 84.3 Å². The van der Waals surface area contributed by atoms with Crippen molar-refractivity contribution in [2.24, 2.45) is 0 Å². The summed E-state index contributed by atoms with van der Waals surface area (Å²) in [6, 6.07) is 18.7. The Balaban J connectivity index is 1.31. The average molecular weight is 843 g/mol. The smallest absolute Gasteiger partial charge is 0.338 e. The molecule has 0 spiro atoms. The number of methoxy groups -OCH3 is 1. The molecule has 320 valence electrons. The minimum absolute atomic E-state index is 0.00882. The summed E-state index contributed by atoms with van der Waals surface area (Å²) in [6.07, 6.45) is -13.1. The Labute approximate surface area is 347 Å². The molecule has 5 aromatic rings. The van der Waals surface area contributed by atoms with Crippen LogP contribution in [0.4, 0.5) is 0 Å². The summed E-state index contributed by atoms with van der Waals surface area (Å²) in [7, 11) is 1.31. The lowest BCUT2D eigenvalue weighted by Crippen LogP contribution is -2.58. The zero-order chi connectivity index (χ0) is 43.4. The Morgan fingerprint density at radius 3 is 1.95 bits per heavy atom. The van der Waals surface area contributed by atoms with E-state index >= 15 is 0 Å². The molecule has 10 N–H and O–H groups in total. The number of aliphatic hydroxyl groups is 3. The maximum atomic E-state index is 13.7. The number of rotatable bonds is 8. The molecule has 0 radical (unpaired) electrons. The maximum Gasteiger partial charge on any atom is 0.338 e. The monoisotopic (exact) mass is 842 g/mol. The number of carbonyl (C=O) groups is 1. The Bertz CT molecular complexity index is 2440. The van der Waals surface area contributed by atoms with Gasteiger partial charge >= 0.3 is 5.97 Å². The lowest BCUT2D eigenvalue weighted by Gasteiger charge is -2.46. The van der Waals surface area contributed by atoms with Gasteiger partial charge in [-0.2, -0.15) is 0 Å². The predicted molar refractivity (Wildman–Crippen MR) is 209 cm³/mol. The van der Waals surface area contributed by atoms with Gasteiger partial charge in [-0.05, 0) is 60.5 Å². The topological polar surface area (TPSA) is 275 Å². The fourth-order valence-corrected chi connectivity index (χ4v) is 8.11. The number of phenolic OH excluding ortho intramolecular Hbond substituents is 7. The van der Waals surface area contributed by atoms with Crippen LogP contribution in [-0.2, 0) is 20.6 Å². The minimum Gasteiger partial charge on any atom is -0.508 e. The molecule has 0 aromatic heterocycles. The first-order valence-electron chi connectivity index (χ1n) is 19.1. The van der Waals surface area contributed by atoms with E-state index in [0.29, 0.717) is 11.1 Å². The van der Waals surface area contributed by atoms with Crippen LogP contribution in [0.3, 0.4) is 0 Å². The molecule has 3 heterocycles. The molecule has 0 aliphatic carbocycles. The second-order valence-electron chi connectivity index (χ2n) is 15.1. The summed E-state index contributed by atoms with van der Waals surface area (Å²) in [4.78, 5) is 13.7. The molecule has 8 rings (SSSR count). The van der Waals surface area contributed by atoms with Crippen molar-refractivity contribution in [2.45, 2.75) is 74.4 Å². The number of aromatic hydroxyl groups is 7. The third-order valence-corrected chi connectivity index (χ3v) is 11.2. The molecular weight excluding hydrogens is 800 g/mol. The molecule has 0 saturated carbocycles. The average Bonchev–Trinajstić information content (AvgIpc) is 3.23. The second kappa shape index (κ2) is 16.1. The predicted octanol–water partition coefficient (Wildman–Crippen LogP) is 4.01. The highest BCUT2D eigenvalue weighted by Crippen LogP contribution is 2.58. The van der Waals surface area contributed by atoms with Gasteiger partial charge in [-0.3, -0.25) is 0 Å². The summed E-state index contributed by atoms with van der Waals surface area (Å²) in [6.45, 7) is 1.45. The molecule has 3 aliphatic rings. The van der Waals surface area contributed by atoms with Crippen molar-refractivity contribution in [3.05, 3.63) is 118 Å². The van der Waals surface area contributed by atoms with Gasteiger partial charge in [-0.25, -0.2) is 4.79 Å². The van der Waals surface area contributed by atoms with Crippen molar-refractivity contribution in [1.82, 2.24) is 0 Å². The Hall–Kier alpha value is -6.63. The van der Waals surface area contributed by atoms with Crippen LogP contribution in [0.15, 0.2) is 84.9 Å². The van der Waals surface area contributed by atoms with Crippen molar-refractivity contribution in [1.29, 1.82) is 0 Å². The number of fused-ring (bicyclic) bond motifs is 2. The maximum absolute atomic E-state index is 13.7. The summed E-state index contributed by atoms with van der Waals surface area (Å²) in [5, 5.41) is 109. The van der Waals surface area contributed by atoms with Crippen LogP contribution in [0.5, 0.6) is 57.5 Å². The minimum atomic E-state index is -1.83. The Kier molecular flexibility index (Phi) is 10.8. The summed E-state index contributed by atoms with van der Waals surface area (Å²) in [5.74, 6) is -4.86. The highest BCUT2D eigenvalue weighted by Gasteiger charge is 2.51. The summed E-state index contributed by atoms with van der Waals surface area (Å²) >= 11 is 0. The third kappa shape index (κ3) is 7.57. The first-order valence-corrected chi connectivity index (χ1v) is 19.1. The SMILES string of the molecule is COc1cc(C(=O)O[C@@H]2Cc3c(O)cc(O)c([C@@H]4c5c(O)cc(O)cc5O[C@H](c5ccc(O)cc5)[C@H]4O[C@@H]4O[C@@H](C)[C@H](O)[C@@H](O)[C@H]4O)c3O[C@@H]2c2ccc(O)cc2)ccc1O. The van der Waals surface area contributed by atoms with E-state index in [4.69, 9.17) is 28.4 Å². The zero-order valence-corrected chi connectivity index (χ0v) is 32.4. The summed E-state index contributed by atoms with van der Waals surface area (Å²) in [5.41, 5.74) is 0.623. The van der Waals surface area contributed by atoms with Gasteiger partial charge in [0.2, 0.25) is 0 Å². The second-order valence-corrected chi connectivity index (χ2v) is 15.1. The molecule has 0 unspecified atom stereocenters. The van der Waals surface area contributed by atoms with Crippen LogP contribution >= 0.6 is 0 Å². The number of carbonyl (C=O) groups excluding carboxylic acids is 1. The number of hydrogen-bond acceptors (Lipinski definition) is 17. The molecule has 1 fully saturated rings. The van der Waals surface area contributed by atoms with Crippen LogP contribution in [0.1, 0.15) is 63.2 Å². The molecule has 61 heavy (non-hydrogen) atoms. The molecular formula is C44H42O17. The Morgan fingerprint density at radius 2 is 1.30 bits per heavy atom. The van der Waals surface area contributed by atoms with E-state index in [0.717, 1.165) is 12.1 Å². The first kappa shape index (κ1) is 41.1. The summed E-state index contributed by atoms with van der Waals surface area (Å²) < 4.78 is 36.7. The van der Waals surface area contributed by atoms with E-state index in [-0.39, 0.29) is 63.2 Å². The van der Waals surface area contributed by atoms with Gasteiger partial charge in [0, 0.05) is 41.3 Å². The molecule has 17 heteroatoms. The third-order valence-electron chi connectivity index (χ3n) is 11.2. The fraction of sp³-hybridized carbons (Fsp3) is 0.295. The number of ether oxygens (including phenoxy) is 6. The van der Waals surface area contributed by atoms with Gasteiger partial charge < -0.3 is 79.5 Å². The lowest BCUT2D eigenvalue weighted by molar-refractivity contribution is -0.312. The van der Waals surface area contributed by atoms with Gasteiger partial charge in [0.15, 0.2) is 30.0 Å². The van der Waals surface area contributed by atoms with Crippen molar-refractivity contribution in [3.63, 3.8) is 0 Å². The molecule has 3 aliphatic heterocycles. The number of hydrogen-bond donors (Lipinski definition) is 10. The van der Waals surface area contributed by atoms with Crippen molar-refractivity contribution in [2.75, 3.05) is 7.11 Å². The number of esters is 1. The quantitative estimate of drug-likeness (QED) is 0.0988. The van der Waals surface area contributed by atoms with E-state index < -0.39 is 90.0 Å².